The summed E-state index contributed by atoms with van der Waals surface area (Å²) in [4.78, 5) is 13.0. The number of hydrogen-bond acceptors (Lipinski definition) is 2. The van der Waals surface area contributed by atoms with Crippen LogP contribution in [0.4, 0.5) is 5.69 Å². The summed E-state index contributed by atoms with van der Waals surface area (Å²) in [6.45, 7) is 2.35. The van der Waals surface area contributed by atoms with E-state index in [9.17, 15) is 4.79 Å². The molecule has 0 unspecified atom stereocenters. The molecule has 0 aromatic heterocycles. The van der Waals surface area contributed by atoms with Gasteiger partial charge < -0.3 is 10.6 Å². The molecule has 1 aromatic carbocycles. The van der Waals surface area contributed by atoms with Gasteiger partial charge in [0.2, 0.25) is 5.91 Å². The van der Waals surface area contributed by atoms with E-state index in [1.165, 1.54) is 4.90 Å². The fourth-order valence-electron chi connectivity index (χ4n) is 1.29. The van der Waals surface area contributed by atoms with Gasteiger partial charge in [-0.2, -0.15) is 0 Å². The number of halogens is 2. The molecule has 3 nitrogen and oxygen atoms in total. The molecule has 82 valence electrons. The summed E-state index contributed by atoms with van der Waals surface area (Å²) < 4.78 is 0. The Labute approximate surface area is 98.8 Å². The van der Waals surface area contributed by atoms with Gasteiger partial charge in [-0.3, -0.25) is 4.79 Å². The van der Waals surface area contributed by atoms with E-state index in [1.54, 1.807) is 18.2 Å². The number of nitrogens with zero attached hydrogens (tertiary/aromatic N) is 1. The molecular formula is C10H12Cl2N2O. The Morgan fingerprint density at radius 2 is 2.13 bits per heavy atom. The van der Waals surface area contributed by atoms with E-state index in [1.807, 2.05) is 6.92 Å². The first-order valence-electron chi connectivity index (χ1n) is 4.55. The molecule has 0 aliphatic rings. The fraction of sp³-hybridized carbons (Fsp3) is 0.300. The average molecular weight is 247 g/mol. The predicted octanol–water partition coefficient (Wildman–Crippen LogP) is 2.31. The van der Waals surface area contributed by atoms with E-state index in [0.717, 1.165) is 0 Å². The van der Waals surface area contributed by atoms with Gasteiger partial charge >= 0.3 is 0 Å². The Balaban J connectivity index is 3.07. The number of carbonyl (C=O) groups is 1. The first kappa shape index (κ1) is 12.3. The highest BCUT2D eigenvalue weighted by Gasteiger charge is 2.14. The minimum absolute atomic E-state index is 0.0349. The molecule has 0 aliphatic carbocycles. The first-order valence-corrected chi connectivity index (χ1v) is 5.31. The molecule has 15 heavy (non-hydrogen) atoms. The van der Waals surface area contributed by atoms with Crippen LogP contribution in [0.1, 0.15) is 6.92 Å². The molecule has 2 N–H and O–H groups in total. The smallest absolute Gasteiger partial charge is 0.240 e. The number of anilines is 1. The minimum atomic E-state index is -0.165. The summed E-state index contributed by atoms with van der Waals surface area (Å²) >= 11 is 11.8. The lowest BCUT2D eigenvalue weighted by Gasteiger charge is -2.21. The number of nitrogens with two attached hydrogens (primary N) is 1. The van der Waals surface area contributed by atoms with Crippen LogP contribution in [0.25, 0.3) is 0 Å². The molecule has 1 aromatic rings. The van der Waals surface area contributed by atoms with Gasteiger partial charge in [0.05, 0.1) is 17.3 Å². The van der Waals surface area contributed by atoms with Crippen molar-refractivity contribution in [1.29, 1.82) is 0 Å². The third-order valence-corrected chi connectivity index (χ3v) is 2.53. The Morgan fingerprint density at radius 1 is 1.47 bits per heavy atom. The van der Waals surface area contributed by atoms with Crippen LogP contribution < -0.4 is 10.6 Å². The zero-order valence-electron chi connectivity index (χ0n) is 8.34. The summed E-state index contributed by atoms with van der Waals surface area (Å²) in [5, 5.41) is 0.992. The maximum atomic E-state index is 11.5. The van der Waals surface area contributed by atoms with Gasteiger partial charge in [0, 0.05) is 11.6 Å². The lowest BCUT2D eigenvalue weighted by Crippen LogP contribution is -2.36. The summed E-state index contributed by atoms with van der Waals surface area (Å²) in [7, 11) is 0. The third-order valence-electron chi connectivity index (χ3n) is 1.99. The summed E-state index contributed by atoms with van der Waals surface area (Å²) in [5.41, 5.74) is 5.94. The van der Waals surface area contributed by atoms with Crippen molar-refractivity contribution in [3.05, 3.63) is 28.2 Å². The van der Waals surface area contributed by atoms with Gasteiger partial charge in [0.1, 0.15) is 0 Å². The monoisotopic (exact) mass is 246 g/mol. The normalized spacial score (nSPS) is 10.1. The average Bonchev–Trinajstić information content (AvgIpc) is 2.21. The Bertz CT molecular complexity index is 368. The van der Waals surface area contributed by atoms with Crippen molar-refractivity contribution in [2.75, 3.05) is 18.0 Å². The van der Waals surface area contributed by atoms with Gasteiger partial charge in [-0.25, -0.2) is 0 Å². The second kappa shape index (κ2) is 5.35. The number of hydrogen-bond donors (Lipinski definition) is 1. The highest BCUT2D eigenvalue weighted by Crippen LogP contribution is 2.28. The molecule has 1 rings (SSSR count). The van der Waals surface area contributed by atoms with E-state index in [2.05, 4.69) is 0 Å². The van der Waals surface area contributed by atoms with Crippen molar-refractivity contribution in [1.82, 2.24) is 0 Å². The molecule has 0 atom stereocenters. The Morgan fingerprint density at radius 3 is 2.60 bits per heavy atom. The number of likely N-dealkylation sites (N-methyl/N-ethyl adjacent to an activating group) is 1. The molecule has 0 bridgehead atoms. The third kappa shape index (κ3) is 2.84. The summed E-state index contributed by atoms with van der Waals surface area (Å²) in [6.07, 6.45) is 0. The largest absolute Gasteiger partial charge is 0.322 e. The van der Waals surface area contributed by atoms with Crippen molar-refractivity contribution in [2.45, 2.75) is 6.92 Å². The maximum Gasteiger partial charge on any atom is 0.240 e. The van der Waals surface area contributed by atoms with Gasteiger partial charge in [0.25, 0.3) is 0 Å². The SMILES string of the molecule is CCN(C(=O)CN)c1ccc(Cl)cc1Cl. The Hall–Kier alpha value is -0.770. The van der Waals surface area contributed by atoms with Crippen molar-refractivity contribution in [3.63, 3.8) is 0 Å². The van der Waals surface area contributed by atoms with Crippen molar-refractivity contribution < 1.29 is 4.79 Å². The second-order valence-electron chi connectivity index (χ2n) is 2.94. The van der Waals surface area contributed by atoms with E-state index >= 15 is 0 Å². The summed E-state index contributed by atoms with van der Waals surface area (Å²) in [6, 6.07) is 5.00. The van der Waals surface area contributed by atoms with E-state index < -0.39 is 0 Å². The van der Waals surface area contributed by atoms with Crippen LogP contribution in [0, 0.1) is 0 Å². The van der Waals surface area contributed by atoms with Gasteiger partial charge in [-0.05, 0) is 25.1 Å². The van der Waals surface area contributed by atoms with E-state index in [0.29, 0.717) is 22.3 Å². The van der Waals surface area contributed by atoms with Crippen LogP contribution in [0.3, 0.4) is 0 Å². The molecule has 1 amide bonds. The Kier molecular flexibility index (Phi) is 4.39. The number of rotatable bonds is 3. The van der Waals surface area contributed by atoms with Crippen molar-refractivity contribution in [3.8, 4) is 0 Å². The molecule has 5 heteroatoms. The van der Waals surface area contributed by atoms with E-state index in [-0.39, 0.29) is 12.5 Å². The van der Waals surface area contributed by atoms with Gasteiger partial charge in [0.15, 0.2) is 0 Å². The molecule has 0 spiro atoms. The highest BCUT2D eigenvalue weighted by molar-refractivity contribution is 6.36. The topological polar surface area (TPSA) is 46.3 Å². The molecule has 0 radical (unpaired) electrons. The lowest BCUT2D eigenvalue weighted by atomic mass is 10.2. The van der Waals surface area contributed by atoms with Gasteiger partial charge in [-0.1, -0.05) is 23.2 Å². The van der Waals surface area contributed by atoms with Gasteiger partial charge in [-0.15, -0.1) is 0 Å². The zero-order chi connectivity index (χ0) is 11.4. The maximum absolute atomic E-state index is 11.5. The highest BCUT2D eigenvalue weighted by atomic mass is 35.5. The van der Waals surface area contributed by atoms with Crippen LogP contribution in [0.5, 0.6) is 0 Å². The van der Waals surface area contributed by atoms with Crippen LogP contribution >= 0.6 is 23.2 Å². The number of carbonyl (C=O) groups excluding carboxylic acids is 1. The fourth-order valence-corrected chi connectivity index (χ4v) is 1.80. The molecule has 0 aliphatic heterocycles. The predicted molar refractivity (Wildman–Crippen MR) is 63.5 cm³/mol. The zero-order valence-corrected chi connectivity index (χ0v) is 9.85. The first-order chi connectivity index (χ1) is 7.10. The van der Waals surface area contributed by atoms with Crippen LogP contribution in [-0.4, -0.2) is 19.0 Å². The molecule has 0 saturated heterocycles. The van der Waals surface area contributed by atoms with Crippen LogP contribution in [0.15, 0.2) is 18.2 Å². The minimum Gasteiger partial charge on any atom is -0.322 e. The van der Waals surface area contributed by atoms with E-state index in [4.69, 9.17) is 28.9 Å². The second-order valence-corrected chi connectivity index (χ2v) is 3.78. The molecule has 0 heterocycles. The summed E-state index contributed by atoms with van der Waals surface area (Å²) in [5.74, 6) is -0.165. The van der Waals surface area contributed by atoms with Crippen molar-refractivity contribution >= 4 is 34.8 Å². The lowest BCUT2D eigenvalue weighted by molar-refractivity contribution is -0.117. The quantitative estimate of drug-likeness (QED) is 0.890. The number of benzene rings is 1. The number of amides is 1. The van der Waals surface area contributed by atoms with Crippen LogP contribution in [-0.2, 0) is 4.79 Å². The standard InChI is InChI=1S/C10H12Cl2N2O/c1-2-14(10(15)6-13)9-4-3-7(11)5-8(9)12/h3-5H,2,6,13H2,1H3. The van der Waals surface area contributed by atoms with Crippen LogP contribution in [0.2, 0.25) is 10.0 Å². The molecule has 0 saturated carbocycles. The van der Waals surface area contributed by atoms with Crippen molar-refractivity contribution in [2.24, 2.45) is 5.73 Å². The molecular weight excluding hydrogens is 235 g/mol. The molecule has 0 fully saturated rings.